The van der Waals surface area contributed by atoms with Crippen molar-refractivity contribution in [2.75, 3.05) is 13.1 Å². The first kappa shape index (κ1) is 15.2. The monoisotopic (exact) mass is 321 g/mol. The smallest absolute Gasteiger partial charge is 0.123 e. The molecule has 0 unspecified atom stereocenters. The first-order valence-electron chi connectivity index (χ1n) is 8.27. The van der Waals surface area contributed by atoms with Crippen LogP contribution in [0.1, 0.15) is 17.0 Å². The van der Waals surface area contributed by atoms with Gasteiger partial charge in [-0.25, -0.2) is 4.39 Å². The third kappa shape index (κ3) is 2.90. The molecule has 2 atom stereocenters. The van der Waals surface area contributed by atoms with Crippen molar-refractivity contribution in [3.63, 3.8) is 0 Å². The van der Waals surface area contributed by atoms with E-state index < -0.39 is 0 Å². The molecular formula is C20H20FN3. The highest BCUT2D eigenvalue weighted by atomic mass is 19.1. The number of halogens is 1. The van der Waals surface area contributed by atoms with Crippen LogP contribution >= 0.6 is 0 Å². The van der Waals surface area contributed by atoms with Crippen LogP contribution in [0.5, 0.6) is 0 Å². The van der Waals surface area contributed by atoms with Crippen molar-refractivity contribution in [3.8, 4) is 0 Å². The fourth-order valence-corrected chi connectivity index (χ4v) is 3.64. The Labute approximate surface area is 140 Å². The van der Waals surface area contributed by atoms with Crippen LogP contribution in [0.15, 0.2) is 60.8 Å². The fourth-order valence-electron chi connectivity index (χ4n) is 3.64. The van der Waals surface area contributed by atoms with Gasteiger partial charge in [-0.3, -0.25) is 9.88 Å². The van der Waals surface area contributed by atoms with Crippen molar-refractivity contribution >= 4 is 10.9 Å². The molecule has 2 heterocycles. The third-order valence-electron chi connectivity index (χ3n) is 4.85. The first-order chi connectivity index (χ1) is 11.7. The molecule has 3 nitrogen and oxygen atoms in total. The summed E-state index contributed by atoms with van der Waals surface area (Å²) in [6.45, 7) is 2.56. The minimum atomic E-state index is -0.205. The highest BCUT2D eigenvalue weighted by molar-refractivity contribution is 5.81. The number of benzene rings is 2. The Morgan fingerprint density at radius 3 is 2.67 bits per heavy atom. The lowest BCUT2D eigenvalue weighted by Gasteiger charge is -2.17. The molecule has 1 aromatic heterocycles. The predicted molar refractivity (Wildman–Crippen MR) is 94.1 cm³/mol. The quantitative estimate of drug-likeness (QED) is 0.805. The van der Waals surface area contributed by atoms with Crippen LogP contribution < -0.4 is 5.73 Å². The van der Waals surface area contributed by atoms with E-state index in [2.05, 4.69) is 34.1 Å². The first-order valence-corrected chi connectivity index (χ1v) is 8.27. The third-order valence-corrected chi connectivity index (χ3v) is 4.85. The molecule has 0 aliphatic carbocycles. The predicted octanol–water partition coefficient (Wildman–Crippen LogP) is 3.30. The van der Waals surface area contributed by atoms with Crippen molar-refractivity contribution < 1.29 is 4.39 Å². The lowest BCUT2D eigenvalue weighted by molar-refractivity contribution is 0.325. The molecule has 24 heavy (non-hydrogen) atoms. The number of para-hydroxylation sites is 1. The summed E-state index contributed by atoms with van der Waals surface area (Å²) in [7, 11) is 0. The van der Waals surface area contributed by atoms with Crippen molar-refractivity contribution in [1.29, 1.82) is 0 Å². The molecule has 0 saturated carbocycles. The van der Waals surface area contributed by atoms with Crippen LogP contribution in [0.3, 0.4) is 0 Å². The summed E-state index contributed by atoms with van der Waals surface area (Å²) >= 11 is 0. The molecule has 4 rings (SSSR count). The maximum atomic E-state index is 13.1. The van der Waals surface area contributed by atoms with Crippen LogP contribution in [0.25, 0.3) is 10.9 Å². The van der Waals surface area contributed by atoms with E-state index in [1.807, 2.05) is 24.4 Å². The van der Waals surface area contributed by atoms with E-state index in [1.165, 1.54) is 17.7 Å². The molecule has 1 fully saturated rings. The minimum absolute atomic E-state index is 0.0680. The largest absolute Gasteiger partial charge is 0.326 e. The Morgan fingerprint density at radius 2 is 1.83 bits per heavy atom. The Hall–Kier alpha value is -2.30. The second-order valence-corrected chi connectivity index (χ2v) is 6.51. The molecule has 122 valence electrons. The average Bonchev–Trinajstić information content (AvgIpc) is 2.96. The highest BCUT2D eigenvalue weighted by Gasteiger charge is 2.31. The molecule has 1 aliphatic heterocycles. The second kappa shape index (κ2) is 6.30. The maximum absolute atomic E-state index is 13.1. The summed E-state index contributed by atoms with van der Waals surface area (Å²) < 4.78 is 13.1. The Morgan fingerprint density at radius 1 is 1.04 bits per heavy atom. The van der Waals surface area contributed by atoms with E-state index in [9.17, 15) is 4.39 Å². The number of pyridine rings is 1. The van der Waals surface area contributed by atoms with Gasteiger partial charge in [0, 0.05) is 43.2 Å². The van der Waals surface area contributed by atoms with Gasteiger partial charge in [-0.15, -0.1) is 0 Å². The Bertz CT molecular complexity index is 842. The molecule has 0 spiro atoms. The number of likely N-dealkylation sites (tertiary alicyclic amines) is 1. The fraction of sp³-hybridized carbons (Fsp3) is 0.250. The van der Waals surface area contributed by atoms with Crippen molar-refractivity contribution in [1.82, 2.24) is 9.88 Å². The SMILES string of the molecule is N[C@@H]1CN(Cc2cccc3cccnc23)C[C@H]1c1ccc(F)cc1. The molecule has 0 radical (unpaired) electrons. The average molecular weight is 321 g/mol. The van der Waals surface area contributed by atoms with Gasteiger partial charge in [0.1, 0.15) is 5.82 Å². The molecule has 1 saturated heterocycles. The van der Waals surface area contributed by atoms with Crippen LogP contribution in [0.4, 0.5) is 4.39 Å². The van der Waals surface area contributed by atoms with Gasteiger partial charge in [0.05, 0.1) is 5.52 Å². The lowest BCUT2D eigenvalue weighted by Crippen LogP contribution is -2.28. The summed E-state index contributed by atoms with van der Waals surface area (Å²) in [5, 5.41) is 1.16. The Kier molecular flexibility index (Phi) is 4.00. The number of hydrogen-bond acceptors (Lipinski definition) is 3. The van der Waals surface area contributed by atoms with Crippen LogP contribution in [-0.4, -0.2) is 29.0 Å². The van der Waals surface area contributed by atoms with Gasteiger partial charge in [0.2, 0.25) is 0 Å². The number of nitrogens with zero attached hydrogens (tertiary/aromatic N) is 2. The standard InChI is InChI=1S/C20H20FN3/c21-17-8-6-14(7-9-17)18-12-24(13-19(18)22)11-16-4-1-3-15-5-2-10-23-20(15)16/h1-10,18-19H,11-13,22H2/t18-,19+/m0/s1. The zero-order valence-electron chi connectivity index (χ0n) is 13.4. The van der Waals surface area contributed by atoms with Gasteiger partial charge in [-0.2, -0.15) is 0 Å². The zero-order valence-corrected chi connectivity index (χ0v) is 13.4. The van der Waals surface area contributed by atoms with Crippen LogP contribution in [0, 0.1) is 5.82 Å². The lowest BCUT2D eigenvalue weighted by atomic mass is 9.95. The van der Waals surface area contributed by atoms with Crippen molar-refractivity contribution in [2.45, 2.75) is 18.5 Å². The number of aromatic nitrogens is 1. The minimum Gasteiger partial charge on any atom is -0.326 e. The van der Waals surface area contributed by atoms with Gasteiger partial charge in [-0.05, 0) is 29.3 Å². The van der Waals surface area contributed by atoms with Gasteiger partial charge in [-0.1, -0.05) is 36.4 Å². The number of nitrogens with two attached hydrogens (primary N) is 1. The van der Waals surface area contributed by atoms with E-state index >= 15 is 0 Å². The van der Waals surface area contributed by atoms with Crippen LogP contribution in [-0.2, 0) is 6.54 Å². The van der Waals surface area contributed by atoms with E-state index in [-0.39, 0.29) is 17.8 Å². The number of rotatable bonds is 3. The molecule has 4 heteroatoms. The maximum Gasteiger partial charge on any atom is 0.123 e. The normalized spacial score (nSPS) is 21.4. The van der Waals surface area contributed by atoms with Gasteiger partial charge in [0.25, 0.3) is 0 Å². The van der Waals surface area contributed by atoms with E-state index in [0.29, 0.717) is 0 Å². The summed E-state index contributed by atoms with van der Waals surface area (Å²) in [5.41, 5.74) is 9.74. The topological polar surface area (TPSA) is 42.1 Å². The summed E-state index contributed by atoms with van der Waals surface area (Å²) in [5.74, 6) is 0.0394. The molecule has 2 N–H and O–H groups in total. The second-order valence-electron chi connectivity index (χ2n) is 6.51. The molecule has 0 bridgehead atoms. The van der Waals surface area contributed by atoms with Crippen molar-refractivity contribution in [2.24, 2.45) is 5.73 Å². The summed E-state index contributed by atoms with van der Waals surface area (Å²) in [6, 6.07) is 17.1. The van der Waals surface area contributed by atoms with Crippen LogP contribution in [0.2, 0.25) is 0 Å². The molecule has 0 amide bonds. The summed E-state index contributed by atoms with van der Waals surface area (Å²) in [4.78, 5) is 6.89. The highest BCUT2D eigenvalue weighted by Crippen LogP contribution is 2.28. The molecular weight excluding hydrogens is 301 g/mol. The number of fused-ring (bicyclic) bond motifs is 1. The molecule has 1 aliphatic rings. The van der Waals surface area contributed by atoms with E-state index in [1.54, 1.807) is 0 Å². The van der Waals surface area contributed by atoms with E-state index in [0.717, 1.165) is 36.1 Å². The number of hydrogen-bond donors (Lipinski definition) is 1. The van der Waals surface area contributed by atoms with Crippen molar-refractivity contribution in [3.05, 3.63) is 77.7 Å². The molecule has 3 aromatic rings. The van der Waals surface area contributed by atoms with Gasteiger partial charge < -0.3 is 5.73 Å². The Balaban J connectivity index is 1.55. The van der Waals surface area contributed by atoms with E-state index in [4.69, 9.17) is 5.73 Å². The van der Waals surface area contributed by atoms with Gasteiger partial charge in [0.15, 0.2) is 0 Å². The summed E-state index contributed by atoms with van der Waals surface area (Å²) in [6.07, 6.45) is 1.84. The molecule has 2 aromatic carbocycles. The zero-order chi connectivity index (χ0) is 16.5. The van der Waals surface area contributed by atoms with Gasteiger partial charge >= 0.3 is 0 Å².